The molecule has 1 aromatic heterocycles. The summed E-state index contributed by atoms with van der Waals surface area (Å²) in [5, 5.41) is 7.72. The molecule has 1 aliphatic rings. The Kier molecular flexibility index (Phi) is 4.57. The topological polar surface area (TPSA) is 33.1 Å². The maximum atomic E-state index is 4.52. The van der Waals surface area contributed by atoms with E-state index in [9.17, 15) is 0 Å². The Hall–Kier alpha value is -0.870. The van der Waals surface area contributed by atoms with Crippen molar-refractivity contribution in [1.29, 1.82) is 0 Å². The first kappa shape index (κ1) is 12.6. The van der Waals surface area contributed by atoms with Crippen LogP contribution in [-0.4, -0.2) is 48.4 Å². The van der Waals surface area contributed by atoms with Gasteiger partial charge in [0.15, 0.2) is 0 Å². The van der Waals surface area contributed by atoms with Crippen LogP contribution in [0.1, 0.15) is 31.0 Å². The molecule has 1 atom stereocenters. The summed E-state index contributed by atoms with van der Waals surface area (Å²) < 4.78 is 2.26. The summed E-state index contributed by atoms with van der Waals surface area (Å²) in [6, 6.07) is 2.75. The molecule has 4 nitrogen and oxygen atoms in total. The zero-order valence-electron chi connectivity index (χ0n) is 11.0. The summed E-state index contributed by atoms with van der Waals surface area (Å²) in [6.45, 7) is 3.45. The largest absolute Gasteiger partial charge is 0.320 e. The second kappa shape index (κ2) is 6.17. The van der Waals surface area contributed by atoms with Crippen LogP contribution in [0.15, 0.2) is 12.3 Å². The van der Waals surface area contributed by atoms with Crippen molar-refractivity contribution in [3.05, 3.63) is 18.0 Å². The van der Waals surface area contributed by atoms with Gasteiger partial charge in [0.2, 0.25) is 0 Å². The molecule has 4 heteroatoms. The van der Waals surface area contributed by atoms with E-state index in [1.54, 1.807) is 0 Å². The highest BCUT2D eigenvalue weighted by atomic mass is 15.3. The number of nitrogens with one attached hydrogen (secondary N) is 1. The molecular weight excluding hydrogens is 212 g/mol. The molecule has 1 aliphatic heterocycles. The van der Waals surface area contributed by atoms with Gasteiger partial charge in [-0.25, -0.2) is 0 Å². The molecule has 2 rings (SSSR count). The fraction of sp³-hybridized carbons (Fsp3) is 0.769. The van der Waals surface area contributed by atoms with Gasteiger partial charge < -0.3 is 10.2 Å². The van der Waals surface area contributed by atoms with Crippen molar-refractivity contribution in [2.24, 2.45) is 0 Å². The molecule has 1 fully saturated rings. The Bertz CT molecular complexity index is 334. The van der Waals surface area contributed by atoms with Crippen molar-refractivity contribution in [3.63, 3.8) is 0 Å². The van der Waals surface area contributed by atoms with Crippen LogP contribution in [0.5, 0.6) is 0 Å². The monoisotopic (exact) mass is 236 g/mol. The van der Waals surface area contributed by atoms with Crippen LogP contribution < -0.4 is 5.32 Å². The first-order valence-corrected chi connectivity index (χ1v) is 6.67. The van der Waals surface area contributed by atoms with Crippen LogP contribution in [0, 0.1) is 0 Å². The van der Waals surface area contributed by atoms with Gasteiger partial charge in [-0.1, -0.05) is 0 Å². The van der Waals surface area contributed by atoms with Gasteiger partial charge in [-0.05, 0) is 58.9 Å². The number of likely N-dealkylation sites (N-methyl/N-ethyl adjacent to an activating group) is 1. The van der Waals surface area contributed by atoms with Gasteiger partial charge in [-0.15, -0.1) is 0 Å². The molecule has 0 saturated carbocycles. The van der Waals surface area contributed by atoms with E-state index in [0.717, 1.165) is 19.5 Å². The van der Waals surface area contributed by atoms with Crippen molar-refractivity contribution in [1.82, 2.24) is 20.0 Å². The number of piperidine rings is 1. The predicted molar refractivity (Wildman–Crippen MR) is 70.2 cm³/mol. The lowest BCUT2D eigenvalue weighted by Crippen LogP contribution is -2.34. The minimum absolute atomic E-state index is 0.577. The third-order valence-electron chi connectivity index (χ3n) is 3.56. The summed E-state index contributed by atoms with van der Waals surface area (Å²) in [7, 11) is 4.21. The van der Waals surface area contributed by atoms with E-state index in [2.05, 4.69) is 33.1 Å². The van der Waals surface area contributed by atoms with Gasteiger partial charge in [-0.3, -0.25) is 4.68 Å². The minimum atomic E-state index is 0.577. The summed E-state index contributed by atoms with van der Waals surface area (Å²) in [6.07, 6.45) is 6.82. The maximum Gasteiger partial charge on any atom is 0.0649 e. The van der Waals surface area contributed by atoms with E-state index in [1.165, 1.54) is 31.5 Å². The number of aryl methyl sites for hydroxylation is 1. The quantitative estimate of drug-likeness (QED) is 0.782. The van der Waals surface area contributed by atoms with Gasteiger partial charge in [0.05, 0.1) is 6.04 Å². The van der Waals surface area contributed by atoms with Crippen molar-refractivity contribution in [2.75, 3.05) is 33.7 Å². The van der Waals surface area contributed by atoms with Crippen molar-refractivity contribution in [2.45, 2.75) is 31.7 Å². The molecule has 1 saturated heterocycles. The molecule has 1 unspecified atom stereocenters. The number of likely N-dealkylation sites (tertiary alicyclic amines) is 1. The van der Waals surface area contributed by atoms with Crippen molar-refractivity contribution < 1.29 is 0 Å². The highest BCUT2D eigenvalue weighted by Gasteiger charge is 2.20. The molecule has 0 spiro atoms. The molecule has 1 aromatic rings. The third-order valence-corrected chi connectivity index (χ3v) is 3.56. The van der Waals surface area contributed by atoms with Gasteiger partial charge in [0.1, 0.15) is 0 Å². The summed E-state index contributed by atoms with van der Waals surface area (Å²) >= 11 is 0. The lowest BCUT2D eigenvalue weighted by molar-refractivity contribution is 0.199. The van der Waals surface area contributed by atoms with Gasteiger partial charge >= 0.3 is 0 Å². The minimum Gasteiger partial charge on any atom is -0.320 e. The summed E-state index contributed by atoms with van der Waals surface area (Å²) in [4.78, 5) is 2.41. The predicted octanol–water partition coefficient (Wildman–Crippen LogP) is 1.30. The van der Waals surface area contributed by atoms with E-state index in [1.807, 2.05) is 13.2 Å². The lowest BCUT2D eigenvalue weighted by atomic mass is 10.1. The molecule has 0 bridgehead atoms. The van der Waals surface area contributed by atoms with Gasteiger partial charge in [0.25, 0.3) is 0 Å². The summed E-state index contributed by atoms with van der Waals surface area (Å²) in [5.74, 6) is 0. The number of nitrogens with zero attached hydrogens (tertiary/aromatic N) is 3. The zero-order chi connectivity index (χ0) is 12.1. The average Bonchev–Trinajstić information content (AvgIpc) is 2.78. The average molecular weight is 236 g/mol. The SMILES string of the molecule is CNCCCc1ccnn1C1CCCN(C)C1. The second-order valence-corrected chi connectivity index (χ2v) is 5.03. The molecule has 0 aliphatic carbocycles. The zero-order valence-corrected chi connectivity index (χ0v) is 11.0. The molecular formula is C13H24N4. The normalized spacial score (nSPS) is 21.9. The van der Waals surface area contributed by atoms with E-state index >= 15 is 0 Å². The second-order valence-electron chi connectivity index (χ2n) is 5.03. The smallest absolute Gasteiger partial charge is 0.0649 e. The molecule has 2 heterocycles. The van der Waals surface area contributed by atoms with Crippen LogP contribution in [0.2, 0.25) is 0 Å². The van der Waals surface area contributed by atoms with Crippen LogP contribution in [0.4, 0.5) is 0 Å². The Labute approximate surface area is 104 Å². The Morgan fingerprint density at radius 1 is 1.53 bits per heavy atom. The standard InChI is InChI=1S/C13H24N4/c1-14-8-3-5-12-7-9-15-17(12)13-6-4-10-16(2)11-13/h7,9,13-14H,3-6,8,10-11H2,1-2H3. The highest BCUT2D eigenvalue weighted by molar-refractivity contribution is 5.03. The van der Waals surface area contributed by atoms with E-state index in [4.69, 9.17) is 0 Å². The Balaban J connectivity index is 1.97. The van der Waals surface area contributed by atoms with Crippen LogP contribution in [0.25, 0.3) is 0 Å². The Morgan fingerprint density at radius 2 is 2.41 bits per heavy atom. The third kappa shape index (κ3) is 3.30. The summed E-state index contributed by atoms with van der Waals surface area (Å²) in [5.41, 5.74) is 1.39. The molecule has 1 N–H and O–H groups in total. The number of hydrogen-bond acceptors (Lipinski definition) is 3. The van der Waals surface area contributed by atoms with Crippen LogP contribution in [-0.2, 0) is 6.42 Å². The van der Waals surface area contributed by atoms with E-state index in [0.29, 0.717) is 6.04 Å². The van der Waals surface area contributed by atoms with Gasteiger partial charge in [-0.2, -0.15) is 5.10 Å². The van der Waals surface area contributed by atoms with E-state index < -0.39 is 0 Å². The highest BCUT2D eigenvalue weighted by Crippen LogP contribution is 2.21. The van der Waals surface area contributed by atoms with Crippen molar-refractivity contribution >= 4 is 0 Å². The first-order chi connectivity index (χ1) is 8.31. The van der Waals surface area contributed by atoms with Crippen LogP contribution >= 0.6 is 0 Å². The Morgan fingerprint density at radius 3 is 3.18 bits per heavy atom. The fourth-order valence-corrected chi connectivity index (χ4v) is 2.65. The van der Waals surface area contributed by atoms with Gasteiger partial charge in [0, 0.05) is 18.4 Å². The van der Waals surface area contributed by atoms with E-state index in [-0.39, 0.29) is 0 Å². The molecule has 17 heavy (non-hydrogen) atoms. The molecule has 0 radical (unpaired) electrons. The maximum absolute atomic E-state index is 4.52. The number of hydrogen-bond donors (Lipinski definition) is 1. The molecule has 0 aromatic carbocycles. The first-order valence-electron chi connectivity index (χ1n) is 6.67. The number of rotatable bonds is 5. The van der Waals surface area contributed by atoms with Crippen molar-refractivity contribution in [3.8, 4) is 0 Å². The number of aromatic nitrogens is 2. The fourth-order valence-electron chi connectivity index (χ4n) is 2.65. The van der Waals surface area contributed by atoms with Crippen LogP contribution in [0.3, 0.4) is 0 Å². The molecule has 96 valence electrons. The lowest BCUT2D eigenvalue weighted by Gasteiger charge is -2.30. The molecule has 0 amide bonds.